The molecule has 1 aliphatic heterocycles. The predicted molar refractivity (Wildman–Crippen MR) is 94.4 cm³/mol. The van der Waals surface area contributed by atoms with Crippen LogP contribution >= 0.6 is 12.4 Å². The summed E-state index contributed by atoms with van der Waals surface area (Å²) in [6.45, 7) is 4.31. The van der Waals surface area contributed by atoms with Crippen LogP contribution in [0.25, 0.3) is 0 Å². The van der Waals surface area contributed by atoms with E-state index in [4.69, 9.17) is 4.74 Å². The molecular formula is C18H21ClN2O2. The topological polar surface area (TPSA) is 50.4 Å². The second-order valence-corrected chi connectivity index (χ2v) is 5.56. The zero-order chi connectivity index (χ0) is 15.4. The van der Waals surface area contributed by atoms with Crippen molar-refractivity contribution in [1.29, 1.82) is 0 Å². The van der Waals surface area contributed by atoms with E-state index in [-0.39, 0.29) is 18.3 Å². The molecule has 1 aliphatic rings. The lowest BCUT2D eigenvalue weighted by atomic mass is 10.1. The highest BCUT2D eigenvalue weighted by Crippen LogP contribution is 2.24. The highest BCUT2D eigenvalue weighted by atomic mass is 35.5. The molecule has 2 aromatic rings. The van der Waals surface area contributed by atoms with Gasteiger partial charge in [0.15, 0.2) is 0 Å². The molecule has 23 heavy (non-hydrogen) atoms. The van der Waals surface area contributed by atoms with Crippen molar-refractivity contribution in [2.45, 2.75) is 19.9 Å². The van der Waals surface area contributed by atoms with Crippen LogP contribution in [0.1, 0.15) is 16.7 Å². The first-order chi connectivity index (χ1) is 10.7. The average Bonchev–Trinajstić information content (AvgIpc) is 2.74. The van der Waals surface area contributed by atoms with Gasteiger partial charge in [-0.05, 0) is 30.7 Å². The van der Waals surface area contributed by atoms with E-state index in [1.807, 2.05) is 49.4 Å². The number of benzene rings is 2. The summed E-state index contributed by atoms with van der Waals surface area (Å²) in [4.78, 5) is 12.1. The van der Waals surface area contributed by atoms with E-state index in [0.717, 1.165) is 35.7 Å². The Morgan fingerprint density at radius 1 is 1.22 bits per heavy atom. The molecule has 0 aromatic heterocycles. The number of halogens is 1. The van der Waals surface area contributed by atoms with E-state index in [0.29, 0.717) is 13.0 Å². The minimum atomic E-state index is -0.00805. The van der Waals surface area contributed by atoms with Crippen molar-refractivity contribution < 1.29 is 9.53 Å². The fraction of sp³-hybridized carbons (Fsp3) is 0.278. The quantitative estimate of drug-likeness (QED) is 0.908. The molecule has 0 bridgehead atoms. The monoisotopic (exact) mass is 332 g/mol. The van der Waals surface area contributed by atoms with Gasteiger partial charge in [-0.25, -0.2) is 0 Å². The Hall–Kier alpha value is -2.04. The van der Waals surface area contributed by atoms with Crippen molar-refractivity contribution in [1.82, 2.24) is 5.32 Å². The van der Waals surface area contributed by atoms with Crippen LogP contribution in [0.15, 0.2) is 42.5 Å². The number of fused-ring (bicyclic) bond motifs is 1. The van der Waals surface area contributed by atoms with Gasteiger partial charge in [-0.1, -0.05) is 29.8 Å². The molecule has 0 saturated heterocycles. The Morgan fingerprint density at radius 2 is 2.00 bits per heavy atom. The number of hydrogen-bond acceptors (Lipinski definition) is 3. The van der Waals surface area contributed by atoms with Crippen molar-refractivity contribution in [3.63, 3.8) is 0 Å². The van der Waals surface area contributed by atoms with Gasteiger partial charge in [0.25, 0.3) is 0 Å². The third-order valence-electron chi connectivity index (χ3n) is 3.68. The van der Waals surface area contributed by atoms with Crippen molar-refractivity contribution in [3.8, 4) is 5.75 Å². The standard InChI is InChI=1S/C18H20N2O2.ClH/c1-13-2-4-14(5-3-13)10-18(21)20-16-6-7-17-15(11-16)12-19-8-9-22-17;/h2-7,11,19H,8-10,12H2,1H3,(H,20,21);1H. The summed E-state index contributed by atoms with van der Waals surface area (Å²) in [5.74, 6) is 0.882. The number of carbonyl (C=O) groups excluding carboxylic acids is 1. The molecule has 122 valence electrons. The largest absolute Gasteiger partial charge is 0.492 e. The van der Waals surface area contributed by atoms with Gasteiger partial charge in [0.2, 0.25) is 5.91 Å². The van der Waals surface area contributed by atoms with E-state index in [1.54, 1.807) is 0 Å². The predicted octanol–water partition coefficient (Wildman–Crippen LogP) is 3.08. The number of ether oxygens (including phenoxy) is 1. The molecule has 1 heterocycles. The maximum Gasteiger partial charge on any atom is 0.228 e. The highest BCUT2D eigenvalue weighted by molar-refractivity contribution is 5.92. The molecule has 0 spiro atoms. The van der Waals surface area contributed by atoms with Crippen LogP contribution < -0.4 is 15.4 Å². The van der Waals surface area contributed by atoms with E-state index >= 15 is 0 Å². The van der Waals surface area contributed by atoms with Crippen LogP contribution in [0.3, 0.4) is 0 Å². The summed E-state index contributed by atoms with van der Waals surface area (Å²) in [7, 11) is 0. The molecule has 0 saturated carbocycles. The Balaban J connectivity index is 0.00000192. The molecule has 1 amide bonds. The summed E-state index contributed by atoms with van der Waals surface area (Å²) in [6.07, 6.45) is 0.381. The van der Waals surface area contributed by atoms with E-state index in [1.165, 1.54) is 5.56 Å². The van der Waals surface area contributed by atoms with Crippen LogP contribution in [-0.2, 0) is 17.8 Å². The summed E-state index contributed by atoms with van der Waals surface area (Å²) in [6, 6.07) is 13.8. The van der Waals surface area contributed by atoms with Crippen LogP contribution in [0.5, 0.6) is 5.75 Å². The Bertz CT molecular complexity index is 671. The molecule has 0 radical (unpaired) electrons. The Kier molecular flexibility index (Phi) is 6.02. The molecule has 0 aliphatic carbocycles. The van der Waals surface area contributed by atoms with Crippen molar-refractivity contribution >= 4 is 24.0 Å². The first-order valence-electron chi connectivity index (χ1n) is 7.52. The van der Waals surface area contributed by atoms with Gasteiger partial charge in [0, 0.05) is 24.3 Å². The number of anilines is 1. The van der Waals surface area contributed by atoms with Crippen LogP contribution in [0, 0.1) is 6.92 Å². The van der Waals surface area contributed by atoms with Crippen molar-refractivity contribution in [2.24, 2.45) is 0 Å². The van der Waals surface area contributed by atoms with Gasteiger partial charge in [0.05, 0.1) is 6.42 Å². The fourth-order valence-electron chi connectivity index (χ4n) is 2.49. The average molecular weight is 333 g/mol. The maximum absolute atomic E-state index is 12.1. The zero-order valence-electron chi connectivity index (χ0n) is 13.1. The van der Waals surface area contributed by atoms with Crippen LogP contribution in [-0.4, -0.2) is 19.1 Å². The second-order valence-electron chi connectivity index (χ2n) is 5.56. The molecule has 0 unspecified atom stereocenters. The molecule has 2 aromatic carbocycles. The maximum atomic E-state index is 12.1. The third kappa shape index (κ3) is 4.71. The lowest BCUT2D eigenvalue weighted by molar-refractivity contribution is -0.115. The number of rotatable bonds is 3. The Morgan fingerprint density at radius 3 is 2.78 bits per heavy atom. The van der Waals surface area contributed by atoms with Crippen molar-refractivity contribution in [3.05, 3.63) is 59.2 Å². The summed E-state index contributed by atoms with van der Waals surface area (Å²) in [5, 5.41) is 6.24. The summed E-state index contributed by atoms with van der Waals surface area (Å²) in [5.41, 5.74) is 4.10. The van der Waals surface area contributed by atoms with E-state index in [2.05, 4.69) is 10.6 Å². The van der Waals surface area contributed by atoms with Crippen LogP contribution in [0.4, 0.5) is 5.69 Å². The zero-order valence-corrected chi connectivity index (χ0v) is 13.9. The third-order valence-corrected chi connectivity index (χ3v) is 3.68. The molecule has 5 heteroatoms. The number of nitrogens with one attached hydrogen (secondary N) is 2. The van der Waals surface area contributed by atoms with Gasteiger partial charge in [0.1, 0.15) is 12.4 Å². The Labute approximate surface area is 142 Å². The van der Waals surface area contributed by atoms with Gasteiger partial charge < -0.3 is 15.4 Å². The molecular weight excluding hydrogens is 312 g/mol. The SMILES string of the molecule is Cc1ccc(CC(=O)Nc2ccc3c(c2)CNCCO3)cc1.Cl. The van der Waals surface area contributed by atoms with Crippen molar-refractivity contribution in [2.75, 3.05) is 18.5 Å². The summed E-state index contributed by atoms with van der Waals surface area (Å²) >= 11 is 0. The summed E-state index contributed by atoms with van der Waals surface area (Å²) < 4.78 is 5.64. The fourth-order valence-corrected chi connectivity index (χ4v) is 2.49. The minimum absolute atomic E-state index is 0. The normalized spacial score (nSPS) is 13.1. The first kappa shape index (κ1) is 17.3. The first-order valence-corrected chi connectivity index (χ1v) is 7.52. The smallest absolute Gasteiger partial charge is 0.228 e. The second kappa shape index (κ2) is 7.99. The lowest BCUT2D eigenvalue weighted by Gasteiger charge is -2.10. The highest BCUT2D eigenvalue weighted by Gasteiger charge is 2.10. The minimum Gasteiger partial charge on any atom is -0.492 e. The lowest BCUT2D eigenvalue weighted by Crippen LogP contribution is -2.16. The van der Waals surface area contributed by atoms with Gasteiger partial charge in [-0.2, -0.15) is 0 Å². The van der Waals surface area contributed by atoms with Gasteiger partial charge in [-0.15, -0.1) is 12.4 Å². The number of amides is 1. The molecule has 0 fully saturated rings. The van der Waals surface area contributed by atoms with E-state index in [9.17, 15) is 4.79 Å². The number of carbonyl (C=O) groups is 1. The molecule has 4 nitrogen and oxygen atoms in total. The number of aryl methyl sites for hydroxylation is 1. The van der Waals surface area contributed by atoms with Crippen LogP contribution in [0.2, 0.25) is 0 Å². The molecule has 0 atom stereocenters. The number of hydrogen-bond donors (Lipinski definition) is 2. The van der Waals surface area contributed by atoms with E-state index < -0.39 is 0 Å². The molecule has 2 N–H and O–H groups in total. The molecule has 3 rings (SSSR count). The van der Waals surface area contributed by atoms with Gasteiger partial charge in [-0.3, -0.25) is 4.79 Å². The van der Waals surface area contributed by atoms with Gasteiger partial charge >= 0.3 is 0 Å².